The Morgan fingerprint density at radius 1 is 1.11 bits per heavy atom. The monoisotopic (exact) mass is 383 g/mol. The summed E-state index contributed by atoms with van der Waals surface area (Å²) in [5, 5.41) is 4.64. The van der Waals surface area contributed by atoms with Crippen molar-refractivity contribution in [3.8, 4) is 22.8 Å². The SMILES string of the molecule is CC(=O)N1CCN(c2ccc(-c3nc(-c4cccc(Cl)c4)no3)cn2)CC1. The summed E-state index contributed by atoms with van der Waals surface area (Å²) in [7, 11) is 0. The number of carbonyl (C=O) groups excluding carboxylic acids is 1. The molecule has 1 saturated heterocycles. The highest BCUT2D eigenvalue weighted by molar-refractivity contribution is 6.30. The van der Waals surface area contributed by atoms with Gasteiger partial charge in [0.2, 0.25) is 11.7 Å². The van der Waals surface area contributed by atoms with Crippen molar-refractivity contribution in [1.82, 2.24) is 20.0 Å². The largest absolute Gasteiger partial charge is 0.353 e. The van der Waals surface area contributed by atoms with E-state index in [0.29, 0.717) is 29.8 Å². The molecule has 3 aromatic rings. The zero-order valence-electron chi connectivity index (χ0n) is 14.8. The van der Waals surface area contributed by atoms with Gasteiger partial charge in [-0.2, -0.15) is 4.98 Å². The van der Waals surface area contributed by atoms with E-state index in [-0.39, 0.29) is 5.91 Å². The Kier molecular flexibility index (Phi) is 4.77. The lowest BCUT2D eigenvalue weighted by atomic mass is 10.2. The number of pyridine rings is 1. The maximum Gasteiger partial charge on any atom is 0.259 e. The third kappa shape index (κ3) is 3.78. The summed E-state index contributed by atoms with van der Waals surface area (Å²) in [6, 6.07) is 11.2. The van der Waals surface area contributed by atoms with Crippen LogP contribution in [0.4, 0.5) is 5.82 Å². The third-order valence-electron chi connectivity index (χ3n) is 4.55. The van der Waals surface area contributed by atoms with Gasteiger partial charge in [0.05, 0.1) is 5.56 Å². The fourth-order valence-electron chi connectivity index (χ4n) is 3.04. The van der Waals surface area contributed by atoms with Crippen LogP contribution in [0.3, 0.4) is 0 Å². The van der Waals surface area contributed by atoms with Gasteiger partial charge in [0.15, 0.2) is 0 Å². The summed E-state index contributed by atoms with van der Waals surface area (Å²) < 4.78 is 5.37. The number of amides is 1. The van der Waals surface area contributed by atoms with E-state index >= 15 is 0 Å². The predicted molar refractivity (Wildman–Crippen MR) is 102 cm³/mol. The summed E-state index contributed by atoms with van der Waals surface area (Å²) >= 11 is 6.01. The molecule has 1 aromatic carbocycles. The number of halogens is 1. The molecule has 3 heterocycles. The van der Waals surface area contributed by atoms with E-state index in [4.69, 9.17) is 16.1 Å². The van der Waals surface area contributed by atoms with Crippen LogP contribution in [0.5, 0.6) is 0 Å². The molecule has 0 atom stereocenters. The Morgan fingerprint density at radius 3 is 2.59 bits per heavy atom. The first kappa shape index (κ1) is 17.5. The van der Waals surface area contributed by atoms with Crippen LogP contribution < -0.4 is 4.90 Å². The van der Waals surface area contributed by atoms with Crippen LogP contribution in [0, 0.1) is 0 Å². The molecule has 1 aliphatic rings. The van der Waals surface area contributed by atoms with Gasteiger partial charge in [-0.3, -0.25) is 4.79 Å². The molecule has 1 aliphatic heterocycles. The van der Waals surface area contributed by atoms with E-state index in [1.165, 1.54) is 0 Å². The predicted octanol–water partition coefficient (Wildman–Crippen LogP) is 3.12. The van der Waals surface area contributed by atoms with Crippen molar-refractivity contribution in [2.75, 3.05) is 31.1 Å². The number of piperazine rings is 1. The Hall–Kier alpha value is -2.93. The number of hydrogen-bond donors (Lipinski definition) is 0. The second-order valence-electron chi connectivity index (χ2n) is 6.33. The van der Waals surface area contributed by atoms with Crippen LogP contribution in [-0.2, 0) is 4.79 Å². The van der Waals surface area contributed by atoms with E-state index in [2.05, 4.69) is 20.0 Å². The van der Waals surface area contributed by atoms with Gasteiger partial charge in [0.25, 0.3) is 5.89 Å². The molecule has 2 aromatic heterocycles. The van der Waals surface area contributed by atoms with Crippen LogP contribution in [0.1, 0.15) is 6.92 Å². The minimum absolute atomic E-state index is 0.116. The van der Waals surface area contributed by atoms with Crippen molar-refractivity contribution in [1.29, 1.82) is 0 Å². The summed E-state index contributed by atoms with van der Waals surface area (Å²) in [6.07, 6.45) is 1.72. The van der Waals surface area contributed by atoms with Crippen LogP contribution in [0.25, 0.3) is 22.8 Å². The molecular weight excluding hydrogens is 366 g/mol. The lowest BCUT2D eigenvalue weighted by Crippen LogP contribution is -2.48. The number of nitrogens with zero attached hydrogens (tertiary/aromatic N) is 5. The minimum Gasteiger partial charge on any atom is -0.353 e. The summed E-state index contributed by atoms with van der Waals surface area (Å²) in [5.74, 6) is 1.88. The molecule has 0 N–H and O–H groups in total. The Morgan fingerprint density at radius 2 is 1.93 bits per heavy atom. The first-order chi connectivity index (χ1) is 13.1. The molecule has 1 fully saturated rings. The molecular formula is C19H18ClN5O2. The van der Waals surface area contributed by atoms with Crippen molar-refractivity contribution in [3.05, 3.63) is 47.6 Å². The average molecular weight is 384 g/mol. The molecule has 0 aliphatic carbocycles. The zero-order valence-corrected chi connectivity index (χ0v) is 15.6. The van der Waals surface area contributed by atoms with Crippen LogP contribution in [0.2, 0.25) is 5.02 Å². The lowest BCUT2D eigenvalue weighted by molar-refractivity contribution is -0.129. The van der Waals surface area contributed by atoms with Gasteiger partial charge in [-0.15, -0.1) is 0 Å². The van der Waals surface area contributed by atoms with Crippen molar-refractivity contribution < 1.29 is 9.32 Å². The number of rotatable bonds is 3. The number of anilines is 1. The van der Waals surface area contributed by atoms with Gasteiger partial charge >= 0.3 is 0 Å². The van der Waals surface area contributed by atoms with Gasteiger partial charge < -0.3 is 14.3 Å². The normalized spacial score (nSPS) is 14.4. The molecule has 0 bridgehead atoms. The fraction of sp³-hybridized carbons (Fsp3) is 0.263. The number of benzene rings is 1. The Bertz CT molecular complexity index is 949. The molecule has 0 radical (unpaired) electrons. The van der Waals surface area contributed by atoms with E-state index in [1.54, 1.807) is 25.3 Å². The Labute approximate surface area is 161 Å². The van der Waals surface area contributed by atoms with E-state index in [0.717, 1.165) is 30.0 Å². The number of aromatic nitrogens is 3. The maximum absolute atomic E-state index is 11.4. The van der Waals surface area contributed by atoms with E-state index < -0.39 is 0 Å². The average Bonchev–Trinajstić information content (AvgIpc) is 3.18. The van der Waals surface area contributed by atoms with Crippen molar-refractivity contribution >= 4 is 23.3 Å². The topological polar surface area (TPSA) is 75.4 Å². The van der Waals surface area contributed by atoms with Gasteiger partial charge in [0, 0.05) is 49.9 Å². The molecule has 1 amide bonds. The highest BCUT2D eigenvalue weighted by Gasteiger charge is 2.20. The summed E-state index contributed by atoms with van der Waals surface area (Å²) in [4.78, 5) is 24.4. The lowest BCUT2D eigenvalue weighted by Gasteiger charge is -2.34. The molecule has 4 rings (SSSR count). The summed E-state index contributed by atoms with van der Waals surface area (Å²) in [5.41, 5.74) is 1.55. The van der Waals surface area contributed by atoms with Gasteiger partial charge in [-0.1, -0.05) is 28.9 Å². The molecule has 27 heavy (non-hydrogen) atoms. The van der Waals surface area contributed by atoms with Gasteiger partial charge in [0.1, 0.15) is 5.82 Å². The van der Waals surface area contributed by atoms with E-state index in [1.807, 2.05) is 29.2 Å². The van der Waals surface area contributed by atoms with Crippen molar-refractivity contribution in [2.45, 2.75) is 6.92 Å². The number of carbonyl (C=O) groups is 1. The highest BCUT2D eigenvalue weighted by atomic mass is 35.5. The first-order valence-corrected chi connectivity index (χ1v) is 9.04. The summed E-state index contributed by atoms with van der Waals surface area (Å²) in [6.45, 7) is 4.57. The van der Waals surface area contributed by atoms with Crippen LogP contribution in [-0.4, -0.2) is 52.1 Å². The zero-order chi connectivity index (χ0) is 18.8. The fourth-order valence-corrected chi connectivity index (χ4v) is 3.23. The molecule has 0 saturated carbocycles. The molecule has 138 valence electrons. The highest BCUT2D eigenvalue weighted by Crippen LogP contribution is 2.25. The quantitative estimate of drug-likeness (QED) is 0.691. The molecule has 8 heteroatoms. The number of hydrogen-bond acceptors (Lipinski definition) is 6. The molecule has 0 spiro atoms. The first-order valence-electron chi connectivity index (χ1n) is 8.67. The Balaban J connectivity index is 1.48. The molecule has 0 unspecified atom stereocenters. The van der Waals surface area contributed by atoms with Crippen LogP contribution >= 0.6 is 11.6 Å². The smallest absolute Gasteiger partial charge is 0.259 e. The second-order valence-corrected chi connectivity index (χ2v) is 6.77. The minimum atomic E-state index is 0.116. The van der Waals surface area contributed by atoms with E-state index in [9.17, 15) is 4.79 Å². The standard InChI is InChI=1S/C19H18ClN5O2/c1-13(26)24-7-9-25(10-8-24)17-6-5-15(12-21-17)19-22-18(23-27-19)14-3-2-4-16(20)11-14/h2-6,11-12H,7-10H2,1H3. The maximum atomic E-state index is 11.4. The molecule has 7 nitrogen and oxygen atoms in total. The van der Waals surface area contributed by atoms with Gasteiger partial charge in [-0.25, -0.2) is 4.98 Å². The second kappa shape index (κ2) is 7.36. The van der Waals surface area contributed by atoms with Crippen molar-refractivity contribution in [2.24, 2.45) is 0 Å². The third-order valence-corrected chi connectivity index (χ3v) is 4.79. The van der Waals surface area contributed by atoms with Crippen molar-refractivity contribution in [3.63, 3.8) is 0 Å². The van der Waals surface area contributed by atoms with Crippen LogP contribution in [0.15, 0.2) is 47.1 Å². The van der Waals surface area contributed by atoms with Gasteiger partial charge in [-0.05, 0) is 24.3 Å².